The van der Waals surface area contributed by atoms with Crippen LogP contribution in [0.5, 0.6) is 0 Å². The van der Waals surface area contributed by atoms with Crippen molar-refractivity contribution in [2.75, 3.05) is 13.1 Å². The van der Waals surface area contributed by atoms with Crippen LogP contribution in [0, 0.1) is 0 Å². The first kappa shape index (κ1) is 15.7. The predicted molar refractivity (Wildman–Crippen MR) is 67.3 cm³/mol. The molecule has 17 heavy (non-hydrogen) atoms. The minimum Gasteiger partial charge on any atom is -0.444 e. The molecule has 0 aromatic heterocycles. The first-order valence-electron chi connectivity index (χ1n) is 5.30. The SMILES string of the molecule is C=CCN(CC(=C)B(O)O)C(=O)OC(C)(C)C. The molecule has 0 unspecified atom stereocenters. The van der Waals surface area contributed by atoms with E-state index in [2.05, 4.69) is 13.2 Å². The summed E-state index contributed by atoms with van der Waals surface area (Å²) in [6, 6.07) is 0. The number of nitrogens with zero attached hydrogens (tertiary/aromatic N) is 1. The Balaban J connectivity index is 4.57. The Hall–Kier alpha value is -1.27. The third-order valence-electron chi connectivity index (χ3n) is 1.76. The van der Waals surface area contributed by atoms with Gasteiger partial charge in [-0.2, -0.15) is 0 Å². The molecule has 0 rings (SSSR count). The van der Waals surface area contributed by atoms with E-state index in [1.807, 2.05) is 0 Å². The van der Waals surface area contributed by atoms with Gasteiger partial charge in [-0.15, -0.1) is 13.2 Å². The Kier molecular flexibility index (Phi) is 5.98. The van der Waals surface area contributed by atoms with Gasteiger partial charge in [0.1, 0.15) is 5.60 Å². The van der Waals surface area contributed by atoms with Crippen molar-refractivity contribution in [3.8, 4) is 0 Å². The van der Waals surface area contributed by atoms with Crippen LogP contribution in [0.1, 0.15) is 20.8 Å². The van der Waals surface area contributed by atoms with Crippen LogP contribution >= 0.6 is 0 Å². The zero-order valence-electron chi connectivity index (χ0n) is 10.6. The van der Waals surface area contributed by atoms with E-state index in [0.29, 0.717) is 0 Å². The molecule has 0 bridgehead atoms. The second kappa shape index (κ2) is 6.47. The van der Waals surface area contributed by atoms with Crippen molar-refractivity contribution in [1.82, 2.24) is 4.90 Å². The summed E-state index contributed by atoms with van der Waals surface area (Å²) in [5.41, 5.74) is -0.479. The summed E-state index contributed by atoms with van der Waals surface area (Å²) >= 11 is 0. The van der Waals surface area contributed by atoms with Crippen molar-refractivity contribution >= 4 is 13.2 Å². The van der Waals surface area contributed by atoms with Gasteiger partial charge in [-0.1, -0.05) is 6.08 Å². The fourth-order valence-electron chi connectivity index (χ4n) is 1.01. The van der Waals surface area contributed by atoms with Gasteiger partial charge in [0, 0.05) is 13.1 Å². The predicted octanol–water partition coefficient (Wildman–Crippen LogP) is 0.978. The molecule has 0 radical (unpaired) electrons. The van der Waals surface area contributed by atoms with E-state index < -0.39 is 18.8 Å². The maximum absolute atomic E-state index is 11.8. The summed E-state index contributed by atoms with van der Waals surface area (Å²) in [4.78, 5) is 13.1. The van der Waals surface area contributed by atoms with Crippen molar-refractivity contribution in [2.24, 2.45) is 0 Å². The fraction of sp³-hybridized carbons (Fsp3) is 0.545. The van der Waals surface area contributed by atoms with E-state index in [-0.39, 0.29) is 18.6 Å². The second-order valence-electron chi connectivity index (χ2n) is 4.68. The molecule has 0 aliphatic heterocycles. The maximum atomic E-state index is 11.8. The Morgan fingerprint density at radius 3 is 2.35 bits per heavy atom. The highest BCUT2D eigenvalue weighted by atomic mass is 16.6. The highest BCUT2D eigenvalue weighted by molar-refractivity contribution is 6.50. The van der Waals surface area contributed by atoms with E-state index in [4.69, 9.17) is 14.8 Å². The monoisotopic (exact) mass is 241 g/mol. The molecule has 0 aliphatic rings. The number of ether oxygens (including phenoxy) is 1. The average Bonchev–Trinajstić information content (AvgIpc) is 2.13. The molecule has 6 heteroatoms. The van der Waals surface area contributed by atoms with Gasteiger partial charge in [0.15, 0.2) is 0 Å². The van der Waals surface area contributed by atoms with Gasteiger partial charge in [-0.3, -0.25) is 0 Å². The third-order valence-corrected chi connectivity index (χ3v) is 1.76. The Labute approximate surface area is 103 Å². The van der Waals surface area contributed by atoms with E-state index in [9.17, 15) is 4.79 Å². The lowest BCUT2D eigenvalue weighted by molar-refractivity contribution is 0.0290. The molecule has 0 aromatic rings. The third kappa shape index (κ3) is 6.81. The summed E-state index contributed by atoms with van der Waals surface area (Å²) in [7, 11) is -1.65. The Morgan fingerprint density at radius 2 is 2.00 bits per heavy atom. The highest BCUT2D eigenvalue weighted by Crippen LogP contribution is 2.11. The van der Waals surface area contributed by atoms with Gasteiger partial charge >= 0.3 is 13.2 Å². The van der Waals surface area contributed by atoms with Gasteiger partial charge in [0.25, 0.3) is 0 Å². The molecule has 0 atom stereocenters. The van der Waals surface area contributed by atoms with Crippen molar-refractivity contribution in [2.45, 2.75) is 26.4 Å². The van der Waals surface area contributed by atoms with Crippen molar-refractivity contribution in [3.63, 3.8) is 0 Å². The van der Waals surface area contributed by atoms with Gasteiger partial charge in [0.05, 0.1) is 0 Å². The van der Waals surface area contributed by atoms with Crippen molar-refractivity contribution in [3.05, 3.63) is 24.7 Å². The van der Waals surface area contributed by atoms with Gasteiger partial charge < -0.3 is 19.7 Å². The summed E-state index contributed by atoms with van der Waals surface area (Å²) in [6.07, 6.45) is 0.986. The maximum Gasteiger partial charge on any atom is 0.485 e. The second-order valence-corrected chi connectivity index (χ2v) is 4.68. The van der Waals surface area contributed by atoms with Gasteiger partial charge in [0.2, 0.25) is 0 Å². The molecule has 0 heterocycles. The van der Waals surface area contributed by atoms with Crippen LogP contribution in [0.25, 0.3) is 0 Å². The van der Waals surface area contributed by atoms with Crippen LogP contribution in [-0.2, 0) is 4.74 Å². The summed E-state index contributed by atoms with van der Waals surface area (Å²) < 4.78 is 5.17. The minimum atomic E-state index is -1.65. The Bertz CT molecular complexity index is 296. The van der Waals surface area contributed by atoms with Gasteiger partial charge in [-0.05, 0) is 26.2 Å². The number of hydrogen-bond donors (Lipinski definition) is 2. The van der Waals surface area contributed by atoms with Gasteiger partial charge in [-0.25, -0.2) is 4.79 Å². The highest BCUT2D eigenvalue weighted by Gasteiger charge is 2.24. The molecule has 1 amide bonds. The molecule has 0 spiro atoms. The van der Waals surface area contributed by atoms with Crippen molar-refractivity contribution < 1.29 is 19.6 Å². The zero-order valence-corrected chi connectivity index (χ0v) is 10.6. The Morgan fingerprint density at radius 1 is 1.47 bits per heavy atom. The van der Waals surface area contributed by atoms with E-state index >= 15 is 0 Å². The molecule has 96 valence electrons. The number of amides is 1. The quantitative estimate of drug-likeness (QED) is 0.556. The molecule has 0 aliphatic carbocycles. The molecule has 2 N–H and O–H groups in total. The largest absolute Gasteiger partial charge is 0.485 e. The molecule has 0 saturated carbocycles. The van der Waals surface area contributed by atoms with Crippen LogP contribution in [0.2, 0.25) is 0 Å². The summed E-state index contributed by atoms with van der Waals surface area (Å²) in [5, 5.41) is 17.8. The number of rotatable bonds is 5. The number of hydrogen-bond acceptors (Lipinski definition) is 4. The van der Waals surface area contributed by atoms with Crippen LogP contribution in [-0.4, -0.2) is 46.9 Å². The van der Waals surface area contributed by atoms with Crippen molar-refractivity contribution in [1.29, 1.82) is 0 Å². The smallest absolute Gasteiger partial charge is 0.444 e. The van der Waals surface area contributed by atoms with Crippen LogP contribution < -0.4 is 0 Å². The van der Waals surface area contributed by atoms with Crippen LogP contribution in [0.4, 0.5) is 4.79 Å². The first-order valence-corrected chi connectivity index (χ1v) is 5.30. The number of carbonyl (C=O) groups is 1. The topological polar surface area (TPSA) is 70.0 Å². The standard InChI is InChI=1S/C11H20BNO4/c1-6-7-13(8-9(2)12(15)16)10(14)17-11(3,4)5/h6,15-16H,1-2,7-8H2,3-5H3. The normalized spacial score (nSPS) is 10.6. The summed E-state index contributed by atoms with van der Waals surface area (Å²) in [5.74, 6) is 0. The van der Waals surface area contributed by atoms with Crippen LogP contribution in [0.3, 0.4) is 0 Å². The average molecular weight is 241 g/mol. The molecule has 0 aromatic carbocycles. The van der Waals surface area contributed by atoms with E-state index in [0.717, 1.165) is 0 Å². The first-order chi connectivity index (χ1) is 7.67. The molecule has 5 nitrogen and oxygen atoms in total. The summed E-state index contributed by atoms with van der Waals surface area (Å²) in [6.45, 7) is 12.5. The lowest BCUT2D eigenvalue weighted by atomic mass is 9.80. The molecule has 0 fully saturated rings. The lowest BCUT2D eigenvalue weighted by Crippen LogP contribution is -2.39. The van der Waals surface area contributed by atoms with E-state index in [1.54, 1.807) is 20.8 Å². The molecular formula is C11H20BNO4. The molecule has 0 saturated heterocycles. The molecular weight excluding hydrogens is 221 g/mol. The zero-order chi connectivity index (χ0) is 13.6. The fourth-order valence-corrected chi connectivity index (χ4v) is 1.01. The lowest BCUT2D eigenvalue weighted by Gasteiger charge is -2.27. The van der Waals surface area contributed by atoms with E-state index in [1.165, 1.54) is 11.0 Å². The number of carbonyl (C=O) groups excluding carboxylic acids is 1. The minimum absolute atomic E-state index is 0.0125. The van der Waals surface area contributed by atoms with Crippen LogP contribution in [0.15, 0.2) is 24.7 Å².